The van der Waals surface area contributed by atoms with Crippen LogP contribution in [0.3, 0.4) is 0 Å². The van der Waals surface area contributed by atoms with E-state index >= 15 is 0 Å². The first-order valence-corrected chi connectivity index (χ1v) is 13.4. The number of methoxy groups -OCH3 is 1. The van der Waals surface area contributed by atoms with Gasteiger partial charge in [0.2, 0.25) is 0 Å². The van der Waals surface area contributed by atoms with Crippen molar-refractivity contribution < 1.29 is 28.6 Å². The van der Waals surface area contributed by atoms with E-state index < -0.39 is 18.0 Å². The lowest BCUT2D eigenvalue weighted by Crippen LogP contribution is -2.40. The molecule has 1 aliphatic heterocycles. The second-order valence-electron chi connectivity index (χ2n) is 8.75. The van der Waals surface area contributed by atoms with Gasteiger partial charge in [0.15, 0.2) is 4.80 Å². The Hall–Kier alpha value is -4.41. The normalized spacial score (nSPS) is 15.0. The average Bonchev–Trinajstić information content (AvgIpc) is 3.52. The minimum atomic E-state index is -1.09. The number of carboxylic acids is 1. The Morgan fingerprint density at radius 3 is 2.70 bits per heavy atom. The quantitative estimate of drug-likeness (QED) is 0.322. The highest BCUT2D eigenvalue weighted by molar-refractivity contribution is 7.07. The first kappa shape index (κ1) is 27.2. The summed E-state index contributed by atoms with van der Waals surface area (Å²) in [6, 6.07) is 14.0. The molecule has 0 spiro atoms. The monoisotopic (exact) mass is 578 g/mol. The summed E-state index contributed by atoms with van der Waals surface area (Å²) in [5.41, 5.74) is 1.40. The third-order valence-electron chi connectivity index (χ3n) is 6.33. The van der Waals surface area contributed by atoms with Crippen molar-refractivity contribution in [1.82, 2.24) is 4.57 Å². The molecule has 204 valence electrons. The molecule has 1 N–H and O–H groups in total. The zero-order valence-corrected chi connectivity index (χ0v) is 23.2. The summed E-state index contributed by atoms with van der Waals surface area (Å²) in [7, 11) is 1.52. The number of fused-ring (bicyclic) bond motifs is 1. The average molecular weight is 579 g/mol. The number of aromatic carboxylic acids is 1. The number of benzene rings is 2. The Morgan fingerprint density at radius 1 is 1.20 bits per heavy atom. The largest absolute Gasteiger partial charge is 0.496 e. The van der Waals surface area contributed by atoms with E-state index in [4.69, 9.17) is 25.5 Å². The lowest BCUT2D eigenvalue weighted by molar-refractivity contribution is -0.139. The van der Waals surface area contributed by atoms with Crippen molar-refractivity contribution in [2.24, 2.45) is 4.99 Å². The molecule has 0 bridgehead atoms. The summed E-state index contributed by atoms with van der Waals surface area (Å²) in [5.74, 6) is -0.445. The van der Waals surface area contributed by atoms with Gasteiger partial charge in [-0.25, -0.2) is 14.6 Å². The molecule has 0 radical (unpaired) electrons. The molecular formula is C29H23ClN2O7S. The lowest BCUT2D eigenvalue weighted by atomic mass is 9.95. The van der Waals surface area contributed by atoms with Crippen molar-refractivity contribution in [2.75, 3.05) is 13.7 Å². The number of hydrogen-bond donors (Lipinski definition) is 1. The van der Waals surface area contributed by atoms with Crippen LogP contribution in [0.1, 0.15) is 41.6 Å². The van der Waals surface area contributed by atoms with Gasteiger partial charge in [-0.1, -0.05) is 41.1 Å². The first-order valence-electron chi connectivity index (χ1n) is 12.2. The topological polar surface area (TPSA) is 120 Å². The maximum atomic E-state index is 13.8. The van der Waals surface area contributed by atoms with E-state index in [0.29, 0.717) is 48.5 Å². The van der Waals surface area contributed by atoms with Gasteiger partial charge < -0.3 is 19.0 Å². The minimum absolute atomic E-state index is 0.0646. The van der Waals surface area contributed by atoms with E-state index in [2.05, 4.69) is 4.99 Å². The molecule has 11 heteroatoms. The maximum absolute atomic E-state index is 13.8. The number of aromatic nitrogens is 1. The van der Waals surface area contributed by atoms with Gasteiger partial charge in [-0.05, 0) is 50.2 Å². The van der Waals surface area contributed by atoms with Crippen molar-refractivity contribution in [2.45, 2.75) is 19.9 Å². The SMILES string of the molecule is CCOC(=O)C1=C(C)N=c2sc(=Cc3ccc(-c4cc(C(=O)O)ccc4Cl)o3)c(=O)n2[C@@H]1c1ccccc1OC. The molecule has 40 heavy (non-hydrogen) atoms. The van der Waals surface area contributed by atoms with E-state index in [0.717, 1.165) is 11.3 Å². The summed E-state index contributed by atoms with van der Waals surface area (Å²) in [5, 5.41) is 9.65. The number of thiazole rings is 1. The Bertz CT molecular complexity index is 1870. The molecule has 1 atom stereocenters. The molecule has 0 amide bonds. The molecule has 0 saturated carbocycles. The number of hydrogen-bond acceptors (Lipinski definition) is 8. The number of carboxylic acid groups (broad SMARTS) is 1. The highest BCUT2D eigenvalue weighted by atomic mass is 35.5. The molecule has 3 heterocycles. The van der Waals surface area contributed by atoms with Crippen LogP contribution in [0.5, 0.6) is 5.75 Å². The van der Waals surface area contributed by atoms with Crippen LogP contribution >= 0.6 is 22.9 Å². The number of nitrogens with zero attached hydrogens (tertiary/aromatic N) is 2. The second kappa shape index (κ2) is 11.0. The fraction of sp³-hybridized carbons (Fsp3) is 0.172. The Labute approximate surface area is 236 Å². The highest BCUT2D eigenvalue weighted by Gasteiger charge is 2.35. The summed E-state index contributed by atoms with van der Waals surface area (Å²) < 4.78 is 18.6. The van der Waals surface area contributed by atoms with Gasteiger partial charge in [0.1, 0.15) is 23.3 Å². The summed E-state index contributed by atoms with van der Waals surface area (Å²) in [6.07, 6.45) is 1.57. The fourth-order valence-electron chi connectivity index (χ4n) is 4.53. The fourth-order valence-corrected chi connectivity index (χ4v) is 5.77. The van der Waals surface area contributed by atoms with Crippen LogP contribution in [-0.2, 0) is 9.53 Å². The van der Waals surface area contributed by atoms with Crippen molar-refractivity contribution in [3.8, 4) is 17.1 Å². The van der Waals surface area contributed by atoms with E-state index in [-0.39, 0.29) is 23.3 Å². The summed E-state index contributed by atoms with van der Waals surface area (Å²) in [4.78, 5) is 43.3. The van der Waals surface area contributed by atoms with Crippen LogP contribution in [0.2, 0.25) is 5.02 Å². The highest BCUT2D eigenvalue weighted by Crippen LogP contribution is 2.36. The third-order valence-corrected chi connectivity index (χ3v) is 7.64. The predicted molar refractivity (Wildman–Crippen MR) is 150 cm³/mol. The zero-order chi connectivity index (χ0) is 28.6. The number of esters is 1. The van der Waals surface area contributed by atoms with Gasteiger partial charge in [0.25, 0.3) is 5.56 Å². The summed E-state index contributed by atoms with van der Waals surface area (Å²) >= 11 is 7.45. The standard InChI is InChI=1S/C29H23ClN2O7S/c1-4-38-28(36)24-15(2)31-29-32(25(24)18-7-5-6-8-21(18)37-3)26(33)23(40-29)14-17-10-12-22(39-17)19-13-16(27(34)35)9-11-20(19)30/h5-14,25H,4H2,1-3H3,(H,34,35)/t25-/m1/s1. The maximum Gasteiger partial charge on any atom is 0.338 e. The first-order chi connectivity index (χ1) is 19.2. The zero-order valence-electron chi connectivity index (χ0n) is 21.6. The van der Waals surface area contributed by atoms with Crippen molar-refractivity contribution in [3.63, 3.8) is 0 Å². The molecule has 2 aromatic heterocycles. The van der Waals surface area contributed by atoms with Gasteiger partial charge in [-0.15, -0.1) is 0 Å². The Balaban J connectivity index is 1.65. The van der Waals surface area contributed by atoms with Gasteiger partial charge in [-0.3, -0.25) is 9.36 Å². The molecule has 0 aliphatic carbocycles. The van der Waals surface area contributed by atoms with Crippen molar-refractivity contribution >= 4 is 41.0 Å². The van der Waals surface area contributed by atoms with Crippen LogP contribution in [0.15, 0.2) is 80.1 Å². The van der Waals surface area contributed by atoms with Crippen LogP contribution in [-0.4, -0.2) is 35.3 Å². The van der Waals surface area contributed by atoms with Crippen molar-refractivity contribution in [1.29, 1.82) is 0 Å². The number of furan rings is 1. The van der Waals surface area contributed by atoms with Gasteiger partial charge in [0, 0.05) is 17.2 Å². The Kier molecular flexibility index (Phi) is 7.46. The third kappa shape index (κ3) is 4.87. The van der Waals surface area contributed by atoms with E-state index in [1.54, 1.807) is 56.3 Å². The van der Waals surface area contributed by atoms with E-state index in [1.807, 2.05) is 0 Å². The van der Waals surface area contributed by atoms with Crippen molar-refractivity contribution in [3.05, 3.63) is 107 Å². The second-order valence-corrected chi connectivity index (χ2v) is 10.2. The molecular weight excluding hydrogens is 556 g/mol. The number of ether oxygens (including phenoxy) is 2. The Morgan fingerprint density at radius 2 is 1.98 bits per heavy atom. The predicted octanol–water partition coefficient (Wildman–Crippen LogP) is 4.42. The van der Waals surface area contributed by atoms with Gasteiger partial charge >= 0.3 is 11.9 Å². The molecule has 2 aromatic carbocycles. The number of rotatable bonds is 7. The lowest BCUT2D eigenvalue weighted by Gasteiger charge is -2.25. The molecule has 5 rings (SSSR count). The molecule has 1 aliphatic rings. The minimum Gasteiger partial charge on any atom is -0.496 e. The van der Waals surface area contributed by atoms with Crippen LogP contribution in [0.4, 0.5) is 0 Å². The number of halogens is 1. The molecule has 0 unspecified atom stereocenters. The summed E-state index contributed by atoms with van der Waals surface area (Å²) in [6.45, 7) is 3.59. The molecule has 9 nitrogen and oxygen atoms in total. The molecule has 0 saturated heterocycles. The number of carbonyl (C=O) groups is 2. The van der Waals surface area contributed by atoms with Gasteiger partial charge in [0.05, 0.1) is 40.1 Å². The number of allylic oxidation sites excluding steroid dienone is 1. The molecule has 4 aromatic rings. The number of carbonyl (C=O) groups excluding carboxylic acids is 1. The van der Waals surface area contributed by atoms with E-state index in [9.17, 15) is 19.5 Å². The van der Waals surface area contributed by atoms with Gasteiger partial charge in [-0.2, -0.15) is 0 Å². The number of para-hydroxylation sites is 1. The van der Waals surface area contributed by atoms with Crippen LogP contribution in [0.25, 0.3) is 17.4 Å². The van der Waals surface area contributed by atoms with E-state index in [1.165, 1.54) is 29.9 Å². The smallest absolute Gasteiger partial charge is 0.338 e. The molecule has 0 fully saturated rings. The van der Waals surface area contributed by atoms with Crippen LogP contribution < -0.4 is 19.6 Å². The van der Waals surface area contributed by atoms with Crippen LogP contribution in [0, 0.1) is 0 Å².